The molecule has 0 saturated heterocycles. The number of amides is 1. The lowest BCUT2D eigenvalue weighted by molar-refractivity contribution is 0.102. The fourth-order valence-corrected chi connectivity index (χ4v) is 3.28. The summed E-state index contributed by atoms with van der Waals surface area (Å²) in [4.78, 5) is 29.0. The van der Waals surface area contributed by atoms with Crippen LogP contribution in [0.2, 0.25) is 0 Å². The van der Waals surface area contributed by atoms with E-state index in [1.165, 1.54) is 11.3 Å². The second-order valence-electron chi connectivity index (χ2n) is 5.14. The normalized spacial score (nSPS) is 10.5. The van der Waals surface area contributed by atoms with E-state index in [1.54, 1.807) is 6.20 Å². The van der Waals surface area contributed by atoms with Crippen LogP contribution in [-0.2, 0) is 0 Å². The first kappa shape index (κ1) is 18.1. The molecule has 0 spiro atoms. The molecule has 3 rings (SSSR count). The minimum Gasteiger partial charge on any atom is -0.504 e. The van der Waals surface area contributed by atoms with Gasteiger partial charge in [-0.25, -0.2) is 9.37 Å². The predicted octanol–water partition coefficient (Wildman–Crippen LogP) is 3.69. The Kier molecular flexibility index (Phi) is 5.31. The molecule has 0 saturated carbocycles. The Morgan fingerprint density at radius 1 is 1.31 bits per heavy atom. The van der Waals surface area contributed by atoms with Crippen LogP contribution in [0.25, 0.3) is 10.4 Å². The molecule has 9 heteroatoms. The molecule has 0 fully saturated rings. The maximum atomic E-state index is 13.6. The van der Waals surface area contributed by atoms with Gasteiger partial charge in [0.2, 0.25) is 0 Å². The van der Waals surface area contributed by atoms with E-state index in [-0.39, 0.29) is 17.4 Å². The van der Waals surface area contributed by atoms with Gasteiger partial charge in [-0.15, -0.1) is 0 Å². The highest BCUT2D eigenvalue weighted by Gasteiger charge is 2.15. The van der Waals surface area contributed by atoms with E-state index in [0.29, 0.717) is 5.13 Å². The Bertz CT molecular complexity index is 974. The molecule has 0 unspecified atom stereocenters. The van der Waals surface area contributed by atoms with Crippen LogP contribution in [0.5, 0.6) is 5.75 Å². The van der Waals surface area contributed by atoms with Crippen LogP contribution in [0.1, 0.15) is 20.7 Å². The van der Waals surface area contributed by atoms with Crippen LogP contribution in [-0.4, -0.2) is 22.3 Å². The summed E-state index contributed by atoms with van der Waals surface area (Å²) in [5.41, 5.74) is 0.524. The number of aromatic hydroxyl groups is 1. The first-order valence-corrected chi connectivity index (χ1v) is 8.93. The zero-order valence-electron chi connectivity index (χ0n) is 13.1. The van der Waals surface area contributed by atoms with Crippen molar-refractivity contribution in [1.82, 2.24) is 4.98 Å². The van der Waals surface area contributed by atoms with E-state index in [1.807, 2.05) is 24.3 Å². The summed E-state index contributed by atoms with van der Waals surface area (Å²) in [6.07, 6.45) is 1.89. The molecule has 1 heterocycles. The van der Waals surface area contributed by atoms with Gasteiger partial charge >= 0.3 is 0 Å². The van der Waals surface area contributed by atoms with Crippen LogP contribution < -0.4 is 10.5 Å². The number of nitrogens with two attached hydrogens (primary N) is 1. The number of carbonyl (C=O) groups excluding carboxylic acids is 2. The number of halogens is 1. The molecular formula is C17H12FN3O3S2. The molecule has 0 aliphatic heterocycles. The number of hydrogen-bond acceptors (Lipinski definition) is 7. The molecule has 0 aliphatic carbocycles. The second kappa shape index (κ2) is 7.65. The van der Waals surface area contributed by atoms with Gasteiger partial charge in [0.25, 0.3) is 5.91 Å². The topological polar surface area (TPSA) is 105 Å². The van der Waals surface area contributed by atoms with Crippen LogP contribution in [0.4, 0.5) is 9.52 Å². The van der Waals surface area contributed by atoms with E-state index >= 15 is 0 Å². The molecule has 0 bridgehead atoms. The molecule has 2 aromatic carbocycles. The maximum Gasteiger partial charge on any atom is 0.257 e. The minimum atomic E-state index is -1.04. The second-order valence-corrected chi connectivity index (χ2v) is 6.88. The zero-order valence-corrected chi connectivity index (χ0v) is 14.7. The molecule has 0 atom stereocenters. The summed E-state index contributed by atoms with van der Waals surface area (Å²) in [6, 6.07) is 9.49. The fraction of sp³-hybridized carbons (Fsp3) is 0. The Morgan fingerprint density at radius 3 is 2.69 bits per heavy atom. The van der Waals surface area contributed by atoms with Crippen LogP contribution >= 0.6 is 23.3 Å². The average Bonchev–Trinajstić information content (AvgIpc) is 3.12. The molecule has 4 N–H and O–H groups in total. The van der Waals surface area contributed by atoms with Gasteiger partial charge in [0.05, 0.1) is 10.4 Å². The van der Waals surface area contributed by atoms with Gasteiger partial charge in [-0.05, 0) is 41.8 Å². The van der Waals surface area contributed by atoms with E-state index in [9.17, 15) is 19.1 Å². The van der Waals surface area contributed by atoms with Crippen LogP contribution in [0.15, 0.2) is 47.5 Å². The summed E-state index contributed by atoms with van der Waals surface area (Å²) in [5.74, 6) is -2.47. The number of phenolic OH excluding ortho intramolecular Hbond substituents is 1. The third kappa shape index (κ3) is 3.74. The SMILES string of the molecule is NSc1ccc(-c2cnc(NC(=O)c3cc(F)c(O)c(C=O)c3)s2)cc1. The Labute approximate surface area is 156 Å². The lowest BCUT2D eigenvalue weighted by Crippen LogP contribution is -2.12. The number of thiazole rings is 1. The number of phenols is 1. The molecule has 3 aromatic rings. The van der Waals surface area contributed by atoms with Gasteiger partial charge < -0.3 is 5.11 Å². The van der Waals surface area contributed by atoms with Crippen molar-refractivity contribution in [3.63, 3.8) is 0 Å². The number of aromatic nitrogens is 1. The molecule has 0 aliphatic rings. The third-order valence-electron chi connectivity index (χ3n) is 3.48. The van der Waals surface area contributed by atoms with E-state index in [4.69, 9.17) is 5.14 Å². The van der Waals surface area contributed by atoms with Gasteiger partial charge in [0, 0.05) is 16.7 Å². The van der Waals surface area contributed by atoms with Crippen molar-refractivity contribution in [2.45, 2.75) is 4.90 Å². The summed E-state index contributed by atoms with van der Waals surface area (Å²) in [7, 11) is 0. The van der Waals surface area contributed by atoms with Gasteiger partial charge in [-0.1, -0.05) is 23.5 Å². The van der Waals surface area contributed by atoms with Crippen molar-refractivity contribution >= 4 is 40.6 Å². The molecule has 1 amide bonds. The molecule has 1 aromatic heterocycles. The number of rotatable bonds is 5. The van der Waals surface area contributed by atoms with Gasteiger partial charge in [-0.2, -0.15) is 0 Å². The number of nitrogens with zero attached hydrogens (tertiary/aromatic N) is 1. The number of hydrogen-bond donors (Lipinski definition) is 3. The lowest BCUT2D eigenvalue weighted by atomic mass is 10.1. The molecular weight excluding hydrogens is 377 g/mol. The van der Waals surface area contributed by atoms with Gasteiger partial charge in [0.15, 0.2) is 23.0 Å². The van der Waals surface area contributed by atoms with Gasteiger partial charge in [-0.3, -0.25) is 20.0 Å². The fourth-order valence-electron chi connectivity index (χ4n) is 2.17. The molecule has 26 heavy (non-hydrogen) atoms. The number of benzene rings is 2. The van der Waals surface area contributed by atoms with Crippen LogP contribution in [0.3, 0.4) is 0 Å². The number of aldehydes is 1. The Hall–Kier alpha value is -2.75. The summed E-state index contributed by atoms with van der Waals surface area (Å²) in [6.45, 7) is 0. The highest BCUT2D eigenvalue weighted by atomic mass is 32.2. The summed E-state index contributed by atoms with van der Waals surface area (Å²) >= 11 is 2.39. The lowest BCUT2D eigenvalue weighted by Gasteiger charge is -2.05. The molecule has 0 radical (unpaired) electrons. The highest BCUT2D eigenvalue weighted by Crippen LogP contribution is 2.30. The number of nitrogens with one attached hydrogen (secondary N) is 1. The number of carbonyl (C=O) groups is 2. The Balaban J connectivity index is 1.79. The van der Waals surface area contributed by atoms with Gasteiger partial charge in [0.1, 0.15) is 0 Å². The molecule has 132 valence electrons. The van der Waals surface area contributed by atoms with E-state index in [2.05, 4.69) is 10.3 Å². The zero-order chi connectivity index (χ0) is 18.7. The van der Waals surface area contributed by atoms with Crippen molar-refractivity contribution in [1.29, 1.82) is 0 Å². The Morgan fingerprint density at radius 2 is 2.04 bits per heavy atom. The minimum absolute atomic E-state index is 0.0940. The van der Waals surface area contributed by atoms with Crippen molar-refractivity contribution < 1.29 is 19.1 Å². The van der Waals surface area contributed by atoms with Crippen molar-refractivity contribution in [2.24, 2.45) is 5.14 Å². The van der Waals surface area contributed by atoms with Crippen LogP contribution in [0, 0.1) is 5.82 Å². The largest absolute Gasteiger partial charge is 0.504 e. The van der Waals surface area contributed by atoms with E-state index < -0.39 is 17.5 Å². The third-order valence-corrected chi connectivity index (χ3v) is 4.99. The van der Waals surface area contributed by atoms with Crippen molar-refractivity contribution in [3.05, 3.63) is 59.5 Å². The summed E-state index contributed by atoms with van der Waals surface area (Å²) in [5, 5.41) is 17.8. The van der Waals surface area contributed by atoms with Crippen molar-refractivity contribution in [3.8, 4) is 16.2 Å². The smallest absolute Gasteiger partial charge is 0.257 e. The first-order chi connectivity index (χ1) is 12.5. The van der Waals surface area contributed by atoms with Crippen molar-refractivity contribution in [2.75, 3.05) is 5.32 Å². The number of anilines is 1. The van der Waals surface area contributed by atoms with E-state index in [0.717, 1.165) is 39.4 Å². The quantitative estimate of drug-likeness (QED) is 0.454. The first-order valence-electron chi connectivity index (χ1n) is 7.24. The standard InChI is InChI=1S/C17H12FN3O3S2/c18-13-6-10(5-11(8-22)15(13)23)16(24)21-17-20-7-14(25-17)9-1-3-12(26-19)4-2-9/h1-8,23H,19H2,(H,20,21,24). The monoisotopic (exact) mass is 389 g/mol. The molecule has 6 nitrogen and oxygen atoms in total. The maximum absolute atomic E-state index is 13.6. The highest BCUT2D eigenvalue weighted by molar-refractivity contribution is 7.97. The predicted molar refractivity (Wildman–Crippen MR) is 99.0 cm³/mol. The summed E-state index contributed by atoms with van der Waals surface area (Å²) < 4.78 is 13.6. The average molecular weight is 389 g/mol.